The maximum atomic E-state index is 12.0. The number of nitrogens with two attached hydrogens (primary N) is 1. The first-order chi connectivity index (χ1) is 8.24. The number of hydrogen-bond donors (Lipinski definition) is 2. The lowest BCUT2D eigenvalue weighted by atomic mass is 9.99. The zero-order valence-electron chi connectivity index (χ0n) is 10.8. The highest BCUT2D eigenvalue weighted by molar-refractivity contribution is 7.89. The number of nitrogens with one attached hydrogen (secondary N) is 1. The maximum Gasteiger partial charge on any atom is 0.240 e. The summed E-state index contributed by atoms with van der Waals surface area (Å²) in [6.45, 7) is 6.52. The molecule has 1 aromatic rings. The molecule has 1 unspecified atom stereocenters. The zero-order chi connectivity index (χ0) is 13.9. The van der Waals surface area contributed by atoms with Crippen LogP contribution in [-0.4, -0.2) is 15.0 Å². The lowest BCUT2D eigenvalue weighted by Gasteiger charge is -2.16. The van der Waals surface area contributed by atoms with Gasteiger partial charge in [-0.2, -0.15) is 0 Å². The third kappa shape index (κ3) is 3.86. The molecule has 1 rings (SSSR count). The molecule has 0 spiro atoms. The second-order valence-electron chi connectivity index (χ2n) is 4.76. The fraction of sp³-hybridized carbons (Fsp3) is 0.500. The summed E-state index contributed by atoms with van der Waals surface area (Å²) in [4.78, 5) is 0.139. The van der Waals surface area contributed by atoms with Gasteiger partial charge in [0.25, 0.3) is 0 Å². The van der Waals surface area contributed by atoms with E-state index in [9.17, 15) is 8.42 Å². The van der Waals surface area contributed by atoms with E-state index in [1.807, 2.05) is 6.92 Å². The fourth-order valence-electron chi connectivity index (χ4n) is 1.25. The molecule has 0 fully saturated rings. The summed E-state index contributed by atoms with van der Waals surface area (Å²) in [5.74, 6) is 0.687. The molecule has 0 amide bonds. The molecule has 0 saturated heterocycles. The highest BCUT2D eigenvalue weighted by atomic mass is 35.5. The summed E-state index contributed by atoms with van der Waals surface area (Å²) in [7, 11) is -3.52. The Morgan fingerprint density at radius 2 is 1.94 bits per heavy atom. The van der Waals surface area contributed by atoms with Gasteiger partial charge in [-0.25, -0.2) is 13.1 Å². The van der Waals surface area contributed by atoms with Gasteiger partial charge in [-0.3, -0.25) is 0 Å². The Morgan fingerprint density at radius 1 is 1.33 bits per heavy atom. The van der Waals surface area contributed by atoms with Crippen molar-refractivity contribution in [3.8, 4) is 0 Å². The first-order valence-electron chi connectivity index (χ1n) is 5.78. The number of benzene rings is 1. The van der Waals surface area contributed by atoms with Crippen molar-refractivity contribution in [1.29, 1.82) is 0 Å². The van der Waals surface area contributed by atoms with Crippen molar-refractivity contribution in [2.45, 2.75) is 25.7 Å². The molecule has 1 atom stereocenters. The van der Waals surface area contributed by atoms with Crippen LogP contribution in [0.15, 0.2) is 23.1 Å². The molecule has 4 nitrogen and oxygen atoms in total. The van der Waals surface area contributed by atoms with E-state index >= 15 is 0 Å². The van der Waals surface area contributed by atoms with Crippen LogP contribution in [0, 0.1) is 11.8 Å². The molecule has 0 aromatic heterocycles. The summed E-state index contributed by atoms with van der Waals surface area (Å²) < 4.78 is 26.6. The summed E-state index contributed by atoms with van der Waals surface area (Å²) in [6.07, 6.45) is 0. The molecule has 3 N–H and O–H groups in total. The Hall–Kier alpha value is -0.780. The van der Waals surface area contributed by atoms with Crippen LogP contribution in [0.4, 0.5) is 5.69 Å². The molecule has 6 heteroatoms. The predicted molar refractivity (Wildman–Crippen MR) is 75.1 cm³/mol. The van der Waals surface area contributed by atoms with Crippen molar-refractivity contribution in [2.24, 2.45) is 11.8 Å². The standard InChI is InChI=1S/C12H19ClN2O2S/c1-8(2)9(3)7-15-18(16,17)10-4-5-11(13)12(14)6-10/h4-6,8-9,15H,7,14H2,1-3H3. The Balaban J connectivity index is 2.83. The summed E-state index contributed by atoms with van der Waals surface area (Å²) in [5, 5.41) is 0.351. The maximum absolute atomic E-state index is 12.0. The minimum atomic E-state index is -3.52. The van der Waals surface area contributed by atoms with Crippen molar-refractivity contribution in [3.05, 3.63) is 23.2 Å². The molecule has 18 heavy (non-hydrogen) atoms. The van der Waals surface area contributed by atoms with Gasteiger partial charge in [-0.15, -0.1) is 0 Å². The van der Waals surface area contributed by atoms with Crippen LogP contribution in [0.25, 0.3) is 0 Å². The van der Waals surface area contributed by atoms with E-state index < -0.39 is 10.0 Å². The predicted octanol–water partition coefficient (Wildman–Crippen LogP) is 2.49. The van der Waals surface area contributed by atoms with E-state index in [4.69, 9.17) is 17.3 Å². The van der Waals surface area contributed by atoms with Crippen LogP contribution in [-0.2, 0) is 10.0 Å². The van der Waals surface area contributed by atoms with Crippen molar-refractivity contribution in [3.63, 3.8) is 0 Å². The van der Waals surface area contributed by atoms with Crippen LogP contribution < -0.4 is 10.5 Å². The number of halogens is 1. The topological polar surface area (TPSA) is 72.2 Å². The van der Waals surface area contributed by atoms with E-state index in [0.29, 0.717) is 17.5 Å². The average molecular weight is 291 g/mol. The lowest BCUT2D eigenvalue weighted by molar-refractivity contribution is 0.414. The zero-order valence-corrected chi connectivity index (χ0v) is 12.3. The number of sulfonamides is 1. The van der Waals surface area contributed by atoms with Crippen LogP contribution in [0.5, 0.6) is 0 Å². The molecule has 0 saturated carbocycles. The van der Waals surface area contributed by atoms with E-state index in [1.54, 1.807) is 0 Å². The molecule has 0 bridgehead atoms. The molecule has 1 aromatic carbocycles. The number of hydrogen-bond acceptors (Lipinski definition) is 3. The summed E-state index contributed by atoms with van der Waals surface area (Å²) in [6, 6.07) is 4.29. The van der Waals surface area contributed by atoms with Crippen molar-refractivity contribution < 1.29 is 8.42 Å². The number of anilines is 1. The van der Waals surface area contributed by atoms with Gasteiger partial charge >= 0.3 is 0 Å². The Morgan fingerprint density at radius 3 is 2.44 bits per heavy atom. The van der Waals surface area contributed by atoms with Crippen LogP contribution in [0.1, 0.15) is 20.8 Å². The van der Waals surface area contributed by atoms with Crippen molar-refractivity contribution >= 4 is 27.3 Å². The van der Waals surface area contributed by atoms with Gasteiger partial charge < -0.3 is 5.73 Å². The van der Waals surface area contributed by atoms with Gasteiger partial charge in [-0.1, -0.05) is 32.4 Å². The first-order valence-corrected chi connectivity index (χ1v) is 7.65. The fourth-order valence-corrected chi connectivity index (χ4v) is 2.55. The van der Waals surface area contributed by atoms with Gasteiger partial charge in [0.05, 0.1) is 15.6 Å². The SMILES string of the molecule is CC(C)C(C)CNS(=O)(=O)c1ccc(Cl)c(N)c1. The largest absolute Gasteiger partial charge is 0.397 e. The molecular formula is C12H19ClN2O2S. The van der Waals surface area contributed by atoms with E-state index in [0.717, 1.165) is 0 Å². The third-order valence-electron chi connectivity index (χ3n) is 3.01. The minimum absolute atomic E-state index is 0.139. The lowest BCUT2D eigenvalue weighted by Crippen LogP contribution is -2.30. The third-order valence-corrected chi connectivity index (χ3v) is 4.78. The molecule has 0 aliphatic heterocycles. The van der Waals surface area contributed by atoms with Crippen molar-refractivity contribution in [1.82, 2.24) is 4.72 Å². The van der Waals surface area contributed by atoms with Crippen molar-refractivity contribution in [2.75, 3.05) is 12.3 Å². The average Bonchev–Trinajstić information content (AvgIpc) is 2.29. The quantitative estimate of drug-likeness (QED) is 0.818. The molecule has 0 radical (unpaired) electrons. The smallest absolute Gasteiger partial charge is 0.240 e. The second kappa shape index (κ2) is 5.91. The van der Waals surface area contributed by atoms with Crippen LogP contribution in [0.2, 0.25) is 5.02 Å². The minimum Gasteiger partial charge on any atom is -0.397 e. The second-order valence-corrected chi connectivity index (χ2v) is 6.93. The summed E-state index contributed by atoms with van der Waals surface area (Å²) in [5.41, 5.74) is 5.86. The number of rotatable bonds is 5. The van der Waals surface area contributed by atoms with E-state index in [-0.39, 0.29) is 16.5 Å². The van der Waals surface area contributed by atoms with Crippen LogP contribution in [0.3, 0.4) is 0 Å². The van der Waals surface area contributed by atoms with Gasteiger partial charge in [0.15, 0.2) is 0 Å². The van der Waals surface area contributed by atoms with Crippen LogP contribution >= 0.6 is 11.6 Å². The normalized spacial score (nSPS) is 13.8. The van der Waals surface area contributed by atoms with Gasteiger partial charge in [0.2, 0.25) is 10.0 Å². The Kier molecular flexibility index (Phi) is 5.01. The highest BCUT2D eigenvalue weighted by Crippen LogP contribution is 2.22. The Labute approximate surface area is 114 Å². The molecule has 0 heterocycles. The van der Waals surface area contributed by atoms with Gasteiger partial charge in [-0.05, 0) is 30.0 Å². The monoisotopic (exact) mass is 290 g/mol. The van der Waals surface area contributed by atoms with E-state index in [2.05, 4.69) is 18.6 Å². The summed E-state index contributed by atoms with van der Waals surface area (Å²) >= 11 is 5.76. The van der Waals surface area contributed by atoms with Gasteiger partial charge in [0, 0.05) is 6.54 Å². The Bertz CT molecular complexity index is 515. The number of nitrogen functional groups attached to an aromatic ring is 1. The van der Waals surface area contributed by atoms with E-state index in [1.165, 1.54) is 18.2 Å². The first kappa shape index (κ1) is 15.3. The molecular weight excluding hydrogens is 272 g/mol. The highest BCUT2D eigenvalue weighted by Gasteiger charge is 2.17. The molecule has 102 valence electrons. The molecule has 0 aliphatic rings. The van der Waals surface area contributed by atoms with Gasteiger partial charge in [0.1, 0.15) is 0 Å². The molecule has 0 aliphatic carbocycles.